The molecule has 0 amide bonds. The van der Waals surface area contributed by atoms with Gasteiger partial charge in [0.05, 0.1) is 5.69 Å². The van der Waals surface area contributed by atoms with Crippen molar-refractivity contribution in [1.29, 1.82) is 0 Å². The average molecular weight is 299 g/mol. The molecule has 0 aromatic heterocycles. The Morgan fingerprint density at radius 3 is 3.05 bits per heavy atom. The van der Waals surface area contributed by atoms with Gasteiger partial charge >= 0.3 is 0 Å². The Labute approximate surface area is 132 Å². The Kier molecular flexibility index (Phi) is 4.66. The minimum Gasteiger partial charge on any atom is -0.480 e. The number of ether oxygens (including phenoxy) is 1. The number of allylic oxidation sites excluding steroid dienone is 1. The second kappa shape index (κ2) is 6.86. The molecule has 2 aliphatic rings. The van der Waals surface area contributed by atoms with E-state index in [2.05, 4.69) is 18.3 Å². The number of fused-ring (bicyclic) bond motifs is 1. The molecule has 1 aromatic carbocycles. The Morgan fingerprint density at radius 2 is 2.27 bits per heavy atom. The van der Waals surface area contributed by atoms with Crippen molar-refractivity contribution in [2.45, 2.75) is 51.6 Å². The van der Waals surface area contributed by atoms with Crippen LogP contribution in [0.25, 0.3) is 0 Å². The molecule has 0 saturated carbocycles. The van der Waals surface area contributed by atoms with Crippen molar-refractivity contribution < 1.29 is 4.74 Å². The van der Waals surface area contributed by atoms with Crippen molar-refractivity contribution in [2.75, 3.05) is 17.6 Å². The lowest BCUT2D eigenvalue weighted by molar-refractivity contribution is 0.258. The number of nitrogens with two attached hydrogens (primary N) is 1. The number of aliphatic imine (C=N–C) groups is 1. The monoisotopic (exact) mass is 299 g/mol. The van der Waals surface area contributed by atoms with Gasteiger partial charge in [0.15, 0.2) is 6.10 Å². The van der Waals surface area contributed by atoms with Crippen LogP contribution in [0.4, 0.5) is 11.4 Å². The third kappa shape index (κ3) is 3.43. The Morgan fingerprint density at radius 1 is 1.36 bits per heavy atom. The second-order valence-corrected chi connectivity index (χ2v) is 6.02. The number of anilines is 2. The number of nitrogen functional groups attached to an aromatic ring is 1. The van der Waals surface area contributed by atoms with Crippen LogP contribution in [-0.2, 0) is 0 Å². The number of hydrogen-bond acceptors (Lipinski definition) is 3. The molecule has 0 fully saturated rings. The van der Waals surface area contributed by atoms with Crippen molar-refractivity contribution in [3.63, 3.8) is 0 Å². The largest absolute Gasteiger partial charge is 0.480 e. The first-order valence-corrected chi connectivity index (χ1v) is 8.31. The minimum atomic E-state index is -0.00497. The number of nitrogens with zero attached hydrogens (tertiary/aromatic N) is 1. The first-order chi connectivity index (χ1) is 10.8. The fourth-order valence-corrected chi connectivity index (χ4v) is 3.04. The predicted octanol–water partition coefficient (Wildman–Crippen LogP) is 4.14. The van der Waals surface area contributed by atoms with Gasteiger partial charge in [0.1, 0.15) is 11.6 Å². The van der Waals surface area contributed by atoms with Crippen LogP contribution in [0.5, 0.6) is 5.75 Å². The summed E-state index contributed by atoms with van der Waals surface area (Å²) >= 11 is 0. The van der Waals surface area contributed by atoms with Crippen LogP contribution >= 0.6 is 0 Å². The van der Waals surface area contributed by atoms with E-state index in [1.165, 1.54) is 25.7 Å². The zero-order valence-electron chi connectivity index (χ0n) is 13.3. The molecule has 0 saturated heterocycles. The molecule has 4 nitrogen and oxygen atoms in total. The van der Waals surface area contributed by atoms with E-state index in [9.17, 15) is 0 Å². The normalized spacial score (nSPS) is 22.5. The third-order valence-corrected chi connectivity index (χ3v) is 4.31. The van der Waals surface area contributed by atoms with Gasteiger partial charge < -0.3 is 15.8 Å². The van der Waals surface area contributed by atoms with Gasteiger partial charge in [-0.2, -0.15) is 0 Å². The van der Waals surface area contributed by atoms with Crippen LogP contribution in [-0.4, -0.2) is 18.5 Å². The highest BCUT2D eigenvalue weighted by molar-refractivity contribution is 6.02. The molecule has 4 heteroatoms. The highest BCUT2D eigenvalue weighted by Crippen LogP contribution is 2.32. The Bertz CT molecular complexity index is 592. The molecule has 1 unspecified atom stereocenters. The number of amidine groups is 1. The van der Waals surface area contributed by atoms with E-state index < -0.39 is 0 Å². The van der Waals surface area contributed by atoms with E-state index >= 15 is 0 Å². The zero-order valence-corrected chi connectivity index (χ0v) is 13.3. The average Bonchev–Trinajstić information content (AvgIpc) is 2.55. The standard InChI is InChI=1S/C18H25N3O/c1-2-16-18(20-11-10-13-6-4-3-5-7-13)21-15-9-8-14(19)12-17(15)22-16/h6,8-9,12,16H,2-5,7,10-11,19H2,1H3,(H,20,21). The quantitative estimate of drug-likeness (QED) is 0.649. The summed E-state index contributed by atoms with van der Waals surface area (Å²) in [5, 5.41) is 3.41. The van der Waals surface area contributed by atoms with Gasteiger partial charge in [-0.25, -0.2) is 0 Å². The number of hydrogen-bond donors (Lipinski definition) is 2. The van der Waals surface area contributed by atoms with E-state index in [0.29, 0.717) is 0 Å². The summed E-state index contributed by atoms with van der Waals surface area (Å²) in [7, 11) is 0. The third-order valence-electron chi connectivity index (χ3n) is 4.31. The maximum atomic E-state index is 6.03. The summed E-state index contributed by atoms with van der Waals surface area (Å²) in [5.74, 6) is 1.76. The molecule has 3 N–H and O–H groups in total. The van der Waals surface area contributed by atoms with Gasteiger partial charge in [0, 0.05) is 18.3 Å². The fraction of sp³-hybridized carbons (Fsp3) is 0.500. The molecule has 1 heterocycles. The van der Waals surface area contributed by atoms with Crippen molar-refractivity contribution in [3.8, 4) is 5.75 Å². The number of nitrogens with one attached hydrogen (secondary N) is 1. The lowest BCUT2D eigenvalue weighted by Gasteiger charge is -2.28. The topological polar surface area (TPSA) is 59.6 Å². The zero-order chi connectivity index (χ0) is 15.4. The van der Waals surface area contributed by atoms with Gasteiger partial charge in [-0.15, -0.1) is 0 Å². The summed E-state index contributed by atoms with van der Waals surface area (Å²) in [5.41, 5.74) is 9.06. The van der Waals surface area contributed by atoms with Gasteiger partial charge in [-0.05, 0) is 50.7 Å². The first-order valence-electron chi connectivity index (χ1n) is 8.31. The summed E-state index contributed by atoms with van der Waals surface area (Å²) in [6.07, 6.45) is 9.49. The van der Waals surface area contributed by atoms with Crippen LogP contribution in [0.2, 0.25) is 0 Å². The van der Waals surface area contributed by atoms with Gasteiger partial charge in [0.25, 0.3) is 0 Å². The smallest absolute Gasteiger partial charge is 0.155 e. The summed E-state index contributed by atoms with van der Waals surface area (Å²) in [6, 6.07) is 5.70. The molecule has 3 rings (SSSR count). The van der Waals surface area contributed by atoms with Crippen LogP contribution in [0.1, 0.15) is 45.4 Å². The Hall–Kier alpha value is -1.97. The van der Waals surface area contributed by atoms with Crippen LogP contribution in [0.3, 0.4) is 0 Å². The molecule has 22 heavy (non-hydrogen) atoms. The molecular weight excluding hydrogens is 274 g/mol. The molecule has 118 valence electrons. The van der Waals surface area contributed by atoms with E-state index in [4.69, 9.17) is 15.5 Å². The van der Waals surface area contributed by atoms with Crippen molar-refractivity contribution in [2.24, 2.45) is 4.99 Å². The Balaban J connectivity index is 1.68. The maximum Gasteiger partial charge on any atom is 0.155 e. The lowest BCUT2D eigenvalue weighted by Crippen LogP contribution is -2.37. The number of rotatable bonds is 4. The van der Waals surface area contributed by atoms with E-state index in [-0.39, 0.29) is 6.10 Å². The van der Waals surface area contributed by atoms with E-state index in [0.717, 1.165) is 42.3 Å². The molecule has 1 aliphatic carbocycles. The summed E-state index contributed by atoms with van der Waals surface area (Å²) in [6.45, 7) is 2.95. The lowest BCUT2D eigenvalue weighted by atomic mass is 9.97. The van der Waals surface area contributed by atoms with Crippen molar-refractivity contribution in [3.05, 3.63) is 29.8 Å². The predicted molar refractivity (Wildman–Crippen MR) is 92.7 cm³/mol. The summed E-state index contributed by atoms with van der Waals surface area (Å²) < 4.78 is 6.03. The molecule has 0 radical (unpaired) electrons. The van der Waals surface area contributed by atoms with Crippen LogP contribution < -0.4 is 15.8 Å². The second-order valence-electron chi connectivity index (χ2n) is 6.02. The van der Waals surface area contributed by atoms with E-state index in [1.54, 1.807) is 5.57 Å². The first kappa shape index (κ1) is 14.9. The molecule has 1 aromatic rings. The fourth-order valence-electron chi connectivity index (χ4n) is 3.04. The van der Waals surface area contributed by atoms with Crippen LogP contribution in [0, 0.1) is 0 Å². The number of benzene rings is 1. The van der Waals surface area contributed by atoms with Crippen LogP contribution in [0.15, 0.2) is 34.8 Å². The minimum absolute atomic E-state index is 0.00497. The van der Waals surface area contributed by atoms with Gasteiger partial charge in [-0.1, -0.05) is 18.6 Å². The van der Waals surface area contributed by atoms with Crippen molar-refractivity contribution in [1.82, 2.24) is 0 Å². The molecule has 1 atom stereocenters. The molecule has 0 spiro atoms. The van der Waals surface area contributed by atoms with E-state index in [1.807, 2.05) is 18.2 Å². The molecule has 1 aliphatic heterocycles. The van der Waals surface area contributed by atoms with Gasteiger partial charge in [0.2, 0.25) is 0 Å². The highest BCUT2D eigenvalue weighted by Gasteiger charge is 2.24. The van der Waals surface area contributed by atoms with Crippen molar-refractivity contribution >= 4 is 17.2 Å². The maximum absolute atomic E-state index is 6.03. The molecule has 0 bridgehead atoms. The van der Waals surface area contributed by atoms with Gasteiger partial charge in [-0.3, -0.25) is 4.99 Å². The SMILES string of the molecule is CCC1Oc2cc(N)ccc2NC1=NCCC1=CCCCC1. The summed E-state index contributed by atoms with van der Waals surface area (Å²) in [4.78, 5) is 4.76. The molecular formula is C18H25N3O. The highest BCUT2D eigenvalue weighted by atomic mass is 16.5.